The molecule has 1 amide bonds. The summed E-state index contributed by atoms with van der Waals surface area (Å²) in [5.41, 5.74) is 1.87. The SMILES string of the molecule is O=C(Nc1ccc(F)c(Cl)c1)c1cn(Cc2ccc(F)cc2)nc1OCc1ccc(F)cc1. The molecule has 0 unspecified atom stereocenters. The van der Waals surface area contributed by atoms with Crippen LogP contribution in [0.25, 0.3) is 0 Å². The summed E-state index contributed by atoms with van der Waals surface area (Å²) < 4.78 is 47.0. The summed E-state index contributed by atoms with van der Waals surface area (Å²) in [6, 6.07) is 15.4. The Balaban J connectivity index is 1.58. The molecule has 1 heterocycles. The van der Waals surface area contributed by atoms with Gasteiger partial charge in [-0.15, -0.1) is 5.10 Å². The van der Waals surface area contributed by atoms with Crippen LogP contribution in [0, 0.1) is 17.5 Å². The quantitative estimate of drug-likeness (QED) is 0.369. The van der Waals surface area contributed by atoms with Crippen molar-refractivity contribution in [3.05, 3.63) is 112 Å². The van der Waals surface area contributed by atoms with Crippen LogP contribution in [0.2, 0.25) is 5.02 Å². The zero-order valence-corrected chi connectivity index (χ0v) is 17.8. The Morgan fingerprint density at radius 3 is 2.21 bits per heavy atom. The predicted octanol–water partition coefficient (Wildman–Crippen LogP) is 5.83. The molecule has 0 aliphatic rings. The van der Waals surface area contributed by atoms with E-state index in [0.29, 0.717) is 11.3 Å². The molecule has 0 saturated heterocycles. The van der Waals surface area contributed by atoms with E-state index in [-0.39, 0.29) is 41.3 Å². The first-order valence-electron chi connectivity index (χ1n) is 9.83. The highest BCUT2D eigenvalue weighted by Crippen LogP contribution is 2.23. The van der Waals surface area contributed by atoms with Crippen molar-refractivity contribution in [2.75, 3.05) is 5.32 Å². The van der Waals surface area contributed by atoms with Crippen molar-refractivity contribution < 1.29 is 22.7 Å². The topological polar surface area (TPSA) is 56.2 Å². The summed E-state index contributed by atoms with van der Waals surface area (Å²) in [5.74, 6) is -1.84. The van der Waals surface area contributed by atoms with Crippen LogP contribution in [-0.2, 0) is 13.2 Å². The number of rotatable bonds is 7. The third-order valence-electron chi connectivity index (χ3n) is 4.70. The van der Waals surface area contributed by atoms with Gasteiger partial charge >= 0.3 is 0 Å². The molecule has 1 N–H and O–H groups in total. The highest BCUT2D eigenvalue weighted by molar-refractivity contribution is 6.31. The molecule has 0 aliphatic heterocycles. The van der Waals surface area contributed by atoms with Crippen LogP contribution in [0.3, 0.4) is 0 Å². The number of ether oxygens (including phenoxy) is 1. The maximum Gasteiger partial charge on any atom is 0.262 e. The van der Waals surface area contributed by atoms with Crippen molar-refractivity contribution in [3.8, 4) is 5.88 Å². The van der Waals surface area contributed by atoms with E-state index in [1.54, 1.807) is 24.3 Å². The van der Waals surface area contributed by atoms with Gasteiger partial charge in [0.25, 0.3) is 5.91 Å². The number of benzene rings is 3. The lowest BCUT2D eigenvalue weighted by Crippen LogP contribution is -2.13. The average molecular weight is 472 g/mol. The van der Waals surface area contributed by atoms with Crippen LogP contribution in [-0.4, -0.2) is 15.7 Å². The number of nitrogens with one attached hydrogen (secondary N) is 1. The number of amides is 1. The van der Waals surface area contributed by atoms with E-state index in [4.69, 9.17) is 16.3 Å². The molecule has 9 heteroatoms. The van der Waals surface area contributed by atoms with Gasteiger partial charge in [0.15, 0.2) is 0 Å². The number of aromatic nitrogens is 2. The number of nitrogens with zero attached hydrogens (tertiary/aromatic N) is 2. The van der Waals surface area contributed by atoms with Gasteiger partial charge in [-0.3, -0.25) is 9.48 Å². The number of halogens is 4. The minimum Gasteiger partial charge on any atom is -0.471 e. The Morgan fingerprint density at radius 2 is 1.58 bits per heavy atom. The first-order valence-corrected chi connectivity index (χ1v) is 10.2. The number of anilines is 1. The van der Waals surface area contributed by atoms with Gasteiger partial charge < -0.3 is 10.1 Å². The van der Waals surface area contributed by atoms with Gasteiger partial charge in [0.1, 0.15) is 29.6 Å². The molecule has 4 rings (SSSR count). The molecule has 0 spiro atoms. The third-order valence-corrected chi connectivity index (χ3v) is 4.99. The van der Waals surface area contributed by atoms with Gasteiger partial charge in [0.05, 0.1) is 11.6 Å². The molecule has 3 aromatic carbocycles. The monoisotopic (exact) mass is 471 g/mol. The van der Waals surface area contributed by atoms with Crippen molar-refractivity contribution in [3.63, 3.8) is 0 Å². The van der Waals surface area contributed by atoms with E-state index in [9.17, 15) is 18.0 Å². The van der Waals surface area contributed by atoms with Gasteiger partial charge in [-0.2, -0.15) is 0 Å². The lowest BCUT2D eigenvalue weighted by molar-refractivity contribution is 0.102. The fourth-order valence-corrected chi connectivity index (χ4v) is 3.21. The molecule has 1 aromatic heterocycles. The van der Waals surface area contributed by atoms with Crippen LogP contribution in [0.5, 0.6) is 5.88 Å². The Bertz CT molecular complexity index is 1280. The molecule has 5 nitrogen and oxygen atoms in total. The Morgan fingerprint density at radius 1 is 0.939 bits per heavy atom. The van der Waals surface area contributed by atoms with E-state index in [2.05, 4.69) is 10.4 Å². The van der Waals surface area contributed by atoms with E-state index < -0.39 is 11.7 Å². The standard InChI is InChI=1S/C24H17ClF3N3O2/c25-21-11-19(9-10-22(21)28)29-23(32)20-13-31(12-15-1-5-17(26)6-2-15)30-24(20)33-14-16-3-7-18(27)8-4-16/h1-11,13H,12,14H2,(H,29,32). The zero-order valence-electron chi connectivity index (χ0n) is 17.1. The van der Waals surface area contributed by atoms with Gasteiger partial charge in [-0.05, 0) is 53.6 Å². The lowest BCUT2D eigenvalue weighted by atomic mass is 10.2. The third kappa shape index (κ3) is 5.72. The number of carbonyl (C=O) groups excluding carboxylic acids is 1. The van der Waals surface area contributed by atoms with Crippen molar-refractivity contribution in [1.82, 2.24) is 9.78 Å². The predicted molar refractivity (Wildman–Crippen MR) is 118 cm³/mol. The molecule has 0 aliphatic carbocycles. The van der Waals surface area contributed by atoms with Gasteiger partial charge in [0.2, 0.25) is 5.88 Å². The van der Waals surface area contributed by atoms with Crippen molar-refractivity contribution in [1.29, 1.82) is 0 Å². The van der Waals surface area contributed by atoms with E-state index >= 15 is 0 Å². The van der Waals surface area contributed by atoms with Crippen molar-refractivity contribution in [2.24, 2.45) is 0 Å². The fraction of sp³-hybridized carbons (Fsp3) is 0.0833. The minimum absolute atomic E-state index is 0.0483. The second-order valence-corrected chi connectivity index (χ2v) is 7.58. The molecule has 0 fully saturated rings. The highest BCUT2D eigenvalue weighted by Gasteiger charge is 2.19. The van der Waals surface area contributed by atoms with E-state index in [0.717, 1.165) is 11.6 Å². The number of hydrogen-bond acceptors (Lipinski definition) is 3. The molecule has 33 heavy (non-hydrogen) atoms. The Hall–Kier alpha value is -3.78. The van der Waals surface area contributed by atoms with Crippen molar-refractivity contribution in [2.45, 2.75) is 13.2 Å². The van der Waals surface area contributed by atoms with Crippen LogP contribution in [0.15, 0.2) is 72.9 Å². The van der Waals surface area contributed by atoms with Crippen LogP contribution in [0.4, 0.5) is 18.9 Å². The van der Waals surface area contributed by atoms with E-state index in [1.807, 2.05) is 0 Å². The second-order valence-electron chi connectivity index (χ2n) is 7.17. The fourth-order valence-electron chi connectivity index (χ4n) is 3.03. The molecule has 168 valence electrons. The van der Waals surface area contributed by atoms with Crippen molar-refractivity contribution >= 4 is 23.2 Å². The summed E-state index contributed by atoms with van der Waals surface area (Å²) in [6.07, 6.45) is 1.49. The second kappa shape index (κ2) is 9.79. The molecule has 0 atom stereocenters. The largest absolute Gasteiger partial charge is 0.471 e. The maximum atomic E-state index is 13.4. The van der Waals surface area contributed by atoms with Gasteiger partial charge in [-0.25, -0.2) is 13.2 Å². The first kappa shape index (κ1) is 22.4. The van der Waals surface area contributed by atoms with Gasteiger partial charge in [-0.1, -0.05) is 35.9 Å². The summed E-state index contributed by atoms with van der Waals surface area (Å²) >= 11 is 5.79. The zero-order chi connectivity index (χ0) is 23.4. The van der Waals surface area contributed by atoms with Crippen LogP contribution in [0.1, 0.15) is 21.5 Å². The van der Waals surface area contributed by atoms with E-state index in [1.165, 1.54) is 47.3 Å². The first-order chi connectivity index (χ1) is 15.9. The number of carbonyl (C=O) groups is 1. The summed E-state index contributed by atoms with van der Waals surface area (Å²) in [4.78, 5) is 12.9. The molecular weight excluding hydrogens is 455 g/mol. The molecule has 0 saturated carbocycles. The normalized spacial score (nSPS) is 10.8. The molecule has 0 bridgehead atoms. The summed E-state index contributed by atoms with van der Waals surface area (Å²) in [7, 11) is 0. The van der Waals surface area contributed by atoms with Crippen LogP contribution >= 0.6 is 11.6 Å². The molecular formula is C24H17ClF3N3O2. The highest BCUT2D eigenvalue weighted by atomic mass is 35.5. The Kier molecular flexibility index (Phi) is 6.65. The molecule has 4 aromatic rings. The molecule has 0 radical (unpaired) electrons. The Labute approximate surface area is 192 Å². The minimum atomic E-state index is -0.606. The average Bonchev–Trinajstić information content (AvgIpc) is 3.20. The number of hydrogen-bond donors (Lipinski definition) is 1. The van der Waals surface area contributed by atoms with Crippen LogP contribution < -0.4 is 10.1 Å². The summed E-state index contributed by atoms with van der Waals surface area (Å²) in [6.45, 7) is 0.319. The smallest absolute Gasteiger partial charge is 0.262 e. The summed E-state index contributed by atoms with van der Waals surface area (Å²) in [5, 5.41) is 6.84. The lowest BCUT2D eigenvalue weighted by Gasteiger charge is -2.07. The van der Waals surface area contributed by atoms with Gasteiger partial charge in [0, 0.05) is 11.9 Å². The maximum absolute atomic E-state index is 13.4.